The molecule has 1 saturated heterocycles. The second-order valence-electron chi connectivity index (χ2n) is 10.9. The Kier molecular flexibility index (Phi) is 7.05. The van der Waals surface area contributed by atoms with E-state index in [4.69, 9.17) is 4.74 Å². The molecular formula is C25H40N4O2. The minimum Gasteiger partial charge on any atom is -0.489 e. The maximum absolute atomic E-state index is 12.2. The first-order valence-corrected chi connectivity index (χ1v) is 12.2. The average Bonchev–Trinajstić information content (AvgIpc) is 3.21. The van der Waals surface area contributed by atoms with Crippen molar-refractivity contribution in [2.75, 3.05) is 44.2 Å². The number of ether oxygens (including phenoxy) is 1. The van der Waals surface area contributed by atoms with E-state index in [-0.39, 0.29) is 11.3 Å². The summed E-state index contributed by atoms with van der Waals surface area (Å²) in [6.07, 6.45) is 9.61. The molecule has 0 bridgehead atoms. The minimum atomic E-state index is 0.0644. The molecule has 1 N–H and O–H groups in total. The van der Waals surface area contributed by atoms with E-state index in [2.05, 4.69) is 46.9 Å². The van der Waals surface area contributed by atoms with Crippen molar-refractivity contribution in [3.8, 4) is 5.75 Å². The molecule has 1 saturated carbocycles. The van der Waals surface area contributed by atoms with Crippen LogP contribution >= 0.6 is 0 Å². The average molecular weight is 429 g/mol. The highest BCUT2D eigenvalue weighted by Gasteiger charge is 2.27. The number of aromatic nitrogens is 1. The van der Waals surface area contributed by atoms with Crippen LogP contribution in [0.2, 0.25) is 0 Å². The topological polar surface area (TPSA) is 57.7 Å². The number of nitrogens with one attached hydrogen (secondary N) is 1. The lowest BCUT2D eigenvalue weighted by Crippen LogP contribution is -2.47. The summed E-state index contributed by atoms with van der Waals surface area (Å²) in [6, 6.07) is 2.48. The summed E-state index contributed by atoms with van der Waals surface area (Å²) < 4.78 is 5.85. The van der Waals surface area contributed by atoms with Crippen molar-refractivity contribution in [1.29, 1.82) is 0 Å². The van der Waals surface area contributed by atoms with Crippen molar-refractivity contribution in [2.24, 2.45) is 11.3 Å². The molecule has 6 heteroatoms. The molecule has 2 aliphatic heterocycles. The van der Waals surface area contributed by atoms with Crippen molar-refractivity contribution in [3.05, 3.63) is 17.8 Å². The van der Waals surface area contributed by atoms with Crippen LogP contribution in [0.25, 0.3) is 0 Å². The van der Waals surface area contributed by atoms with Crippen LogP contribution in [0.4, 0.5) is 5.82 Å². The van der Waals surface area contributed by atoms with Gasteiger partial charge in [-0.2, -0.15) is 0 Å². The van der Waals surface area contributed by atoms with Crippen LogP contribution in [0.5, 0.6) is 5.75 Å². The maximum atomic E-state index is 12.2. The standard InChI is InChI=1S/C25H40N4O2/c1-25(2,3)18-22(30)27-21-6-4-19(5-7-21)9-12-28-13-15-29(16-14-28)24-23-20(8-11-26-24)10-17-31-23/h8,11,19,21H,4-7,9-10,12-18H2,1-3H3,(H,27,30)/t19-,21-. The van der Waals surface area contributed by atoms with Gasteiger partial charge in [0.05, 0.1) is 6.61 Å². The van der Waals surface area contributed by atoms with E-state index in [0.29, 0.717) is 12.5 Å². The molecular weight excluding hydrogens is 388 g/mol. The van der Waals surface area contributed by atoms with Crippen LogP contribution in [0.3, 0.4) is 0 Å². The van der Waals surface area contributed by atoms with Gasteiger partial charge in [0.1, 0.15) is 0 Å². The van der Waals surface area contributed by atoms with Gasteiger partial charge in [-0.15, -0.1) is 0 Å². The molecule has 1 aromatic heterocycles. The Labute approximate surface area is 187 Å². The summed E-state index contributed by atoms with van der Waals surface area (Å²) in [7, 11) is 0. The first kappa shape index (κ1) is 22.4. The number of rotatable bonds is 6. The third-order valence-corrected chi connectivity index (χ3v) is 7.01. The van der Waals surface area contributed by atoms with E-state index in [1.807, 2.05) is 6.20 Å². The van der Waals surface area contributed by atoms with Crippen molar-refractivity contribution >= 4 is 11.7 Å². The van der Waals surface area contributed by atoms with E-state index >= 15 is 0 Å². The fourth-order valence-electron chi connectivity index (χ4n) is 5.22. The van der Waals surface area contributed by atoms with Gasteiger partial charge in [-0.05, 0) is 56.0 Å². The van der Waals surface area contributed by atoms with Crippen LogP contribution in [-0.2, 0) is 11.2 Å². The normalized spacial score (nSPS) is 24.5. The van der Waals surface area contributed by atoms with Gasteiger partial charge in [0.2, 0.25) is 5.91 Å². The maximum Gasteiger partial charge on any atom is 0.220 e. The molecule has 31 heavy (non-hydrogen) atoms. The molecule has 172 valence electrons. The highest BCUT2D eigenvalue weighted by Crippen LogP contribution is 2.34. The zero-order chi connectivity index (χ0) is 21.8. The van der Waals surface area contributed by atoms with Gasteiger partial charge < -0.3 is 15.0 Å². The lowest BCUT2D eigenvalue weighted by molar-refractivity contribution is -0.123. The first-order chi connectivity index (χ1) is 14.9. The number of piperazine rings is 1. The smallest absolute Gasteiger partial charge is 0.220 e. The van der Waals surface area contributed by atoms with Crippen molar-refractivity contribution in [2.45, 2.75) is 71.8 Å². The molecule has 3 heterocycles. The van der Waals surface area contributed by atoms with E-state index in [0.717, 1.165) is 69.5 Å². The summed E-state index contributed by atoms with van der Waals surface area (Å²) in [6.45, 7) is 12.6. The third-order valence-electron chi connectivity index (χ3n) is 7.01. The van der Waals surface area contributed by atoms with Gasteiger partial charge in [-0.1, -0.05) is 20.8 Å². The Bertz CT molecular complexity index is 744. The number of amides is 1. The summed E-state index contributed by atoms with van der Waals surface area (Å²) in [5, 5.41) is 3.27. The summed E-state index contributed by atoms with van der Waals surface area (Å²) in [5.74, 6) is 3.09. The van der Waals surface area contributed by atoms with Crippen LogP contribution in [0.1, 0.15) is 64.9 Å². The lowest BCUT2D eigenvalue weighted by Gasteiger charge is -2.37. The SMILES string of the molecule is CC(C)(C)CC(=O)N[C@H]1CC[C@H](CCN2CCN(c3nccc4c3OCC4)CC2)CC1. The number of pyridine rings is 1. The lowest BCUT2D eigenvalue weighted by atomic mass is 9.83. The summed E-state index contributed by atoms with van der Waals surface area (Å²) in [4.78, 5) is 21.8. The molecule has 1 aromatic rings. The zero-order valence-corrected chi connectivity index (χ0v) is 19.7. The quantitative estimate of drug-likeness (QED) is 0.750. The minimum absolute atomic E-state index is 0.0644. The van der Waals surface area contributed by atoms with Gasteiger partial charge in [0.15, 0.2) is 11.6 Å². The largest absolute Gasteiger partial charge is 0.489 e. The number of hydrogen-bond acceptors (Lipinski definition) is 5. The number of fused-ring (bicyclic) bond motifs is 1. The van der Waals surface area contributed by atoms with Gasteiger partial charge in [-0.3, -0.25) is 9.69 Å². The van der Waals surface area contributed by atoms with Crippen molar-refractivity contribution in [1.82, 2.24) is 15.2 Å². The number of anilines is 1. The Hall–Kier alpha value is -1.82. The monoisotopic (exact) mass is 428 g/mol. The van der Waals surface area contributed by atoms with Crippen molar-refractivity contribution in [3.63, 3.8) is 0 Å². The van der Waals surface area contributed by atoms with Crippen LogP contribution in [0, 0.1) is 11.3 Å². The van der Waals surface area contributed by atoms with Gasteiger partial charge in [-0.25, -0.2) is 4.98 Å². The Morgan fingerprint density at radius 1 is 1.16 bits per heavy atom. The molecule has 4 rings (SSSR count). The van der Waals surface area contributed by atoms with E-state index in [1.165, 1.54) is 31.4 Å². The van der Waals surface area contributed by atoms with E-state index in [9.17, 15) is 4.79 Å². The highest BCUT2D eigenvalue weighted by molar-refractivity contribution is 5.76. The number of nitrogens with zero attached hydrogens (tertiary/aromatic N) is 3. The van der Waals surface area contributed by atoms with Gasteiger partial charge in [0, 0.05) is 56.8 Å². The fraction of sp³-hybridized carbons (Fsp3) is 0.760. The molecule has 0 atom stereocenters. The second-order valence-corrected chi connectivity index (χ2v) is 10.9. The zero-order valence-electron chi connectivity index (χ0n) is 19.7. The number of carbonyl (C=O) groups is 1. The highest BCUT2D eigenvalue weighted by atomic mass is 16.5. The molecule has 3 aliphatic rings. The molecule has 6 nitrogen and oxygen atoms in total. The molecule has 0 spiro atoms. The third kappa shape index (κ3) is 6.12. The van der Waals surface area contributed by atoms with Crippen LogP contribution in [-0.4, -0.2) is 61.2 Å². The first-order valence-electron chi connectivity index (χ1n) is 12.2. The summed E-state index contributed by atoms with van der Waals surface area (Å²) in [5.41, 5.74) is 1.37. The predicted octanol–water partition coefficient (Wildman–Crippen LogP) is 3.64. The second kappa shape index (κ2) is 9.76. The fourth-order valence-corrected chi connectivity index (χ4v) is 5.22. The molecule has 0 radical (unpaired) electrons. The number of carbonyl (C=O) groups excluding carboxylic acids is 1. The molecule has 1 aliphatic carbocycles. The van der Waals surface area contributed by atoms with Crippen LogP contribution in [0.15, 0.2) is 12.3 Å². The Morgan fingerprint density at radius 2 is 1.90 bits per heavy atom. The predicted molar refractivity (Wildman–Crippen MR) is 125 cm³/mol. The Balaban J connectivity index is 1.15. The molecule has 1 amide bonds. The van der Waals surface area contributed by atoms with Gasteiger partial charge in [0.25, 0.3) is 0 Å². The van der Waals surface area contributed by atoms with Crippen LogP contribution < -0.4 is 15.0 Å². The molecule has 0 unspecified atom stereocenters. The number of hydrogen-bond donors (Lipinski definition) is 1. The summed E-state index contributed by atoms with van der Waals surface area (Å²) >= 11 is 0. The van der Waals surface area contributed by atoms with E-state index < -0.39 is 0 Å². The Morgan fingerprint density at radius 3 is 2.61 bits per heavy atom. The van der Waals surface area contributed by atoms with E-state index in [1.54, 1.807) is 0 Å². The van der Waals surface area contributed by atoms with Crippen molar-refractivity contribution < 1.29 is 9.53 Å². The van der Waals surface area contributed by atoms with Gasteiger partial charge >= 0.3 is 0 Å². The molecule has 0 aromatic carbocycles. The molecule has 2 fully saturated rings.